The third-order valence-corrected chi connectivity index (χ3v) is 4.59. The van der Waals surface area contributed by atoms with Gasteiger partial charge in [0.25, 0.3) is 20.2 Å². The van der Waals surface area contributed by atoms with E-state index in [0.717, 1.165) is 0 Å². The van der Waals surface area contributed by atoms with Crippen LogP contribution in [-0.4, -0.2) is 57.2 Å². The molecule has 0 amide bonds. The molecule has 0 radical (unpaired) electrons. The predicted molar refractivity (Wildman–Crippen MR) is 72.2 cm³/mol. The van der Waals surface area contributed by atoms with Crippen LogP contribution in [0.5, 0.6) is 0 Å². The van der Waals surface area contributed by atoms with Gasteiger partial charge in [-0.2, -0.15) is 16.8 Å². The van der Waals surface area contributed by atoms with Gasteiger partial charge < -0.3 is 10.6 Å². The molecule has 0 aliphatic carbocycles. The van der Waals surface area contributed by atoms with E-state index in [0.29, 0.717) is 0 Å². The Morgan fingerprint density at radius 3 is 1.00 bits per heavy atom. The first kappa shape index (κ1) is 18.7. The molecule has 0 spiro atoms. The maximum Gasteiger partial charge on any atom is 0.281 e. The van der Waals surface area contributed by atoms with Gasteiger partial charge in [-0.05, 0) is 51.9 Å². The van der Waals surface area contributed by atoms with Gasteiger partial charge in [0.2, 0.25) is 5.08 Å². The maximum absolute atomic E-state index is 9.66. The van der Waals surface area contributed by atoms with Gasteiger partial charge in [-0.25, -0.2) is 0 Å². The van der Waals surface area contributed by atoms with Gasteiger partial charge in [0.05, 0.1) is 0 Å². The molecule has 0 aromatic heterocycles. The van der Waals surface area contributed by atoms with Gasteiger partial charge in [-0.3, -0.25) is 9.11 Å². The second-order valence-electron chi connectivity index (χ2n) is 4.20. The second kappa shape index (κ2) is 9.61. The summed E-state index contributed by atoms with van der Waals surface area (Å²) in [5, 5.41) is 4.79. The van der Waals surface area contributed by atoms with Gasteiger partial charge in [-0.1, -0.05) is 0 Å². The van der Waals surface area contributed by atoms with Crippen molar-refractivity contribution in [2.75, 3.05) is 31.3 Å². The highest BCUT2D eigenvalue weighted by atomic mass is 32.3. The summed E-state index contributed by atoms with van der Waals surface area (Å²) in [4.78, 5) is 0. The van der Waals surface area contributed by atoms with Gasteiger partial charge in [0.15, 0.2) is 0 Å². The Hall–Kier alpha value is -0.260. The first-order chi connectivity index (χ1) is 8.71. The molecule has 0 atom stereocenters. The lowest BCUT2D eigenvalue weighted by atomic mass is 10.4. The molecule has 2 fully saturated rings. The van der Waals surface area contributed by atoms with Crippen LogP contribution in [0.15, 0.2) is 0 Å². The summed E-state index contributed by atoms with van der Waals surface area (Å²) < 4.78 is 54.2. The van der Waals surface area contributed by atoms with Crippen LogP contribution in [0.25, 0.3) is 0 Å². The summed E-state index contributed by atoms with van der Waals surface area (Å²) in [6.07, 6.45) is 5.56. The predicted octanol–water partition coefficient (Wildman–Crippen LogP) is -0.541. The lowest BCUT2D eigenvalue weighted by molar-refractivity contribution is 0.471. The average molecular weight is 318 g/mol. The van der Waals surface area contributed by atoms with Crippen LogP contribution < -0.4 is 10.6 Å². The van der Waals surface area contributed by atoms with E-state index in [-0.39, 0.29) is 0 Å². The number of nitrogens with one attached hydrogen (secondary N) is 2. The molecule has 0 saturated carbocycles. The Kier molecular flexibility index (Phi) is 9.48. The largest absolute Gasteiger partial charge is 0.317 e. The van der Waals surface area contributed by atoms with Crippen molar-refractivity contribution in [3.63, 3.8) is 0 Å². The Labute approximate surface area is 114 Å². The van der Waals surface area contributed by atoms with Crippen LogP contribution in [0.2, 0.25) is 0 Å². The van der Waals surface area contributed by atoms with Crippen molar-refractivity contribution >= 4 is 20.2 Å². The number of hydrogen-bond donors (Lipinski definition) is 4. The van der Waals surface area contributed by atoms with Gasteiger partial charge in [0.1, 0.15) is 0 Å². The molecule has 19 heavy (non-hydrogen) atoms. The first-order valence-corrected chi connectivity index (χ1v) is 9.24. The number of hydrogen-bond acceptors (Lipinski definition) is 6. The van der Waals surface area contributed by atoms with Gasteiger partial charge in [-0.15, -0.1) is 0 Å². The van der Waals surface area contributed by atoms with Crippen molar-refractivity contribution in [1.29, 1.82) is 0 Å². The molecule has 2 rings (SSSR count). The molecular weight excluding hydrogens is 296 g/mol. The van der Waals surface area contributed by atoms with Crippen molar-refractivity contribution in [2.45, 2.75) is 25.7 Å². The molecule has 2 saturated heterocycles. The fourth-order valence-corrected chi connectivity index (χ4v) is 2.94. The van der Waals surface area contributed by atoms with E-state index in [1.807, 2.05) is 0 Å². The fourth-order valence-electron chi connectivity index (χ4n) is 1.44. The Morgan fingerprint density at radius 1 is 0.684 bits per heavy atom. The first-order valence-electron chi connectivity index (χ1n) is 6.02. The zero-order valence-electron chi connectivity index (χ0n) is 10.7. The molecule has 8 nitrogen and oxygen atoms in total. The lowest BCUT2D eigenvalue weighted by Crippen LogP contribution is -2.13. The van der Waals surface area contributed by atoms with E-state index in [1.54, 1.807) is 0 Å². The van der Waals surface area contributed by atoms with E-state index >= 15 is 0 Å². The normalized spacial score (nSPS) is 19.1. The molecule has 0 bridgehead atoms. The van der Waals surface area contributed by atoms with E-state index in [4.69, 9.17) is 9.11 Å². The summed E-state index contributed by atoms with van der Waals surface area (Å²) >= 11 is 0. The van der Waals surface area contributed by atoms with E-state index in [2.05, 4.69) is 10.6 Å². The SMILES string of the molecule is C1CCNC1.C1CCNC1.O=S(=O)(O)CS(=O)(=O)O. The van der Waals surface area contributed by atoms with Crippen molar-refractivity contribution < 1.29 is 25.9 Å². The molecule has 0 unspecified atom stereocenters. The summed E-state index contributed by atoms with van der Waals surface area (Å²) in [5.41, 5.74) is 0. The minimum absolute atomic E-state index is 1.25. The molecule has 116 valence electrons. The van der Waals surface area contributed by atoms with Crippen LogP contribution >= 0.6 is 0 Å². The van der Waals surface area contributed by atoms with Crippen molar-refractivity contribution in [3.8, 4) is 0 Å². The molecule has 4 N–H and O–H groups in total. The van der Waals surface area contributed by atoms with Crippen LogP contribution in [0, 0.1) is 0 Å². The summed E-state index contributed by atoms with van der Waals surface area (Å²) in [7, 11) is -9.24. The zero-order chi connectivity index (χ0) is 14.8. The van der Waals surface area contributed by atoms with Gasteiger partial charge >= 0.3 is 0 Å². The monoisotopic (exact) mass is 318 g/mol. The zero-order valence-corrected chi connectivity index (χ0v) is 12.3. The van der Waals surface area contributed by atoms with Crippen molar-refractivity contribution in [2.24, 2.45) is 0 Å². The molecule has 2 aliphatic heterocycles. The third kappa shape index (κ3) is 17.7. The highest BCUT2D eigenvalue weighted by Crippen LogP contribution is 1.90. The van der Waals surface area contributed by atoms with Gasteiger partial charge in [0, 0.05) is 0 Å². The van der Waals surface area contributed by atoms with E-state index < -0.39 is 25.3 Å². The summed E-state index contributed by atoms with van der Waals surface area (Å²) in [6.45, 7) is 5.00. The average Bonchev–Trinajstić information content (AvgIpc) is 2.93. The fraction of sp³-hybridized carbons (Fsp3) is 1.00. The molecule has 2 heterocycles. The van der Waals surface area contributed by atoms with Crippen molar-refractivity contribution in [3.05, 3.63) is 0 Å². The van der Waals surface area contributed by atoms with E-state index in [1.165, 1.54) is 51.9 Å². The van der Waals surface area contributed by atoms with Crippen LogP contribution in [0.3, 0.4) is 0 Å². The smallest absolute Gasteiger partial charge is 0.281 e. The molecule has 10 heteroatoms. The lowest BCUT2D eigenvalue weighted by Gasteiger charge is -1.89. The van der Waals surface area contributed by atoms with Crippen LogP contribution in [0.4, 0.5) is 0 Å². The second-order valence-corrected chi connectivity index (χ2v) is 7.47. The number of rotatable bonds is 2. The van der Waals surface area contributed by atoms with Crippen molar-refractivity contribution in [1.82, 2.24) is 10.6 Å². The highest BCUT2D eigenvalue weighted by Gasteiger charge is 2.15. The van der Waals surface area contributed by atoms with Crippen LogP contribution in [0.1, 0.15) is 25.7 Å². The molecule has 2 aliphatic rings. The Balaban J connectivity index is 0.000000273. The minimum Gasteiger partial charge on any atom is -0.317 e. The molecular formula is C9H22N2O6S2. The highest BCUT2D eigenvalue weighted by molar-refractivity contribution is 8.02. The molecule has 0 aromatic carbocycles. The quantitative estimate of drug-likeness (QED) is 0.499. The minimum atomic E-state index is -4.62. The molecule has 0 aromatic rings. The standard InChI is InChI=1S/2C4H9N.CH4O6S2/c2*1-2-4-5-3-1;2-8(3,4)1-9(5,6)7/h2*5H,1-4H2;1H2,(H,2,3,4)(H,5,6,7). The van der Waals surface area contributed by atoms with E-state index in [9.17, 15) is 16.8 Å². The summed E-state index contributed by atoms with van der Waals surface area (Å²) in [5.74, 6) is 0. The Bertz CT molecular complexity index is 357. The third-order valence-electron chi connectivity index (χ3n) is 2.21. The topological polar surface area (TPSA) is 133 Å². The van der Waals surface area contributed by atoms with Crippen LogP contribution in [-0.2, 0) is 20.2 Å². The Morgan fingerprint density at radius 2 is 0.947 bits per heavy atom. The maximum atomic E-state index is 9.66. The summed E-state index contributed by atoms with van der Waals surface area (Å²) in [6, 6.07) is 0.